The smallest absolute Gasteiger partial charge is 0.253 e. The zero-order valence-electron chi connectivity index (χ0n) is 29.4. The molecule has 258 valence electrons. The number of likely N-dealkylation sites (N-methyl/N-ethyl adjacent to an activating group) is 1. The molecule has 9 nitrogen and oxygen atoms in total. The molecular formula is C40H50N5O4+. The van der Waals surface area contributed by atoms with E-state index in [-0.39, 0.29) is 41.7 Å². The topological polar surface area (TPSA) is 103 Å². The third-order valence-corrected chi connectivity index (χ3v) is 10.2. The van der Waals surface area contributed by atoms with Gasteiger partial charge in [-0.25, -0.2) is 0 Å². The lowest BCUT2D eigenvalue weighted by atomic mass is 9.80. The number of hydrogen-bond donors (Lipinski definition) is 3. The van der Waals surface area contributed by atoms with Crippen LogP contribution in [0.5, 0.6) is 0 Å². The Morgan fingerprint density at radius 1 is 0.816 bits per heavy atom. The van der Waals surface area contributed by atoms with E-state index in [0.29, 0.717) is 25.9 Å². The van der Waals surface area contributed by atoms with E-state index >= 15 is 0 Å². The highest BCUT2D eigenvalue weighted by Gasteiger charge is 2.47. The molecule has 0 aromatic heterocycles. The van der Waals surface area contributed by atoms with Crippen molar-refractivity contribution in [2.75, 3.05) is 38.1 Å². The molecule has 49 heavy (non-hydrogen) atoms. The highest BCUT2D eigenvalue weighted by atomic mass is 16.2. The molecule has 0 radical (unpaired) electrons. The molecule has 3 aliphatic heterocycles. The van der Waals surface area contributed by atoms with Crippen LogP contribution in [0, 0.1) is 0 Å². The van der Waals surface area contributed by atoms with Gasteiger partial charge in [-0.05, 0) is 50.1 Å². The summed E-state index contributed by atoms with van der Waals surface area (Å²) < 4.78 is 0. The number of para-hydroxylation sites is 2. The lowest BCUT2D eigenvalue weighted by Crippen LogP contribution is -3.10. The van der Waals surface area contributed by atoms with Crippen LogP contribution >= 0.6 is 0 Å². The van der Waals surface area contributed by atoms with Gasteiger partial charge in [0, 0.05) is 80.5 Å². The molecule has 0 fully saturated rings. The first-order valence-electron chi connectivity index (χ1n) is 17.3. The SMILES string of the molecule is CN1/C(=C/C=C/C=C/C2[NH+](CCCC(=O)NCCCNC(=O)CCN3C(=O)C=CC3=O)c3ccccc3C2(C)C)C(C)(C)c2ccccc21. The second-order valence-corrected chi connectivity index (χ2v) is 14.1. The van der Waals surface area contributed by atoms with E-state index < -0.39 is 11.8 Å². The van der Waals surface area contributed by atoms with Crippen LogP contribution in [0.2, 0.25) is 0 Å². The molecule has 0 aliphatic carbocycles. The number of fused-ring (bicyclic) bond motifs is 2. The zero-order chi connectivity index (χ0) is 35.2. The normalized spacial score (nSPS) is 21.3. The van der Waals surface area contributed by atoms with Gasteiger partial charge in [-0.2, -0.15) is 0 Å². The first kappa shape index (κ1) is 35.5. The Kier molecular flexibility index (Phi) is 11.0. The molecule has 0 saturated heterocycles. The van der Waals surface area contributed by atoms with Crippen LogP contribution in [0.4, 0.5) is 11.4 Å². The van der Waals surface area contributed by atoms with Crippen molar-refractivity contribution in [3.8, 4) is 0 Å². The van der Waals surface area contributed by atoms with Crippen molar-refractivity contribution in [1.82, 2.24) is 15.5 Å². The largest absolute Gasteiger partial charge is 0.356 e. The quantitative estimate of drug-likeness (QED) is 0.161. The summed E-state index contributed by atoms with van der Waals surface area (Å²) in [6, 6.07) is 17.5. The van der Waals surface area contributed by atoms with Crippen molar-refractivity contribution in [2.45, 2.75) is 70.3 Å². The first-order chi connectivity index (χ1) is 23.4. The van der Waals surface area contributed by atoms with E-state index in [1.54, 1.807) is 0 Å². The number of carbonyl (C=O) groups excluding carboxylic acids is 4. The number of quaternary nitrogens is 1. The van der Waals surface area contributed by atoms with Crippen molar-refractivity contribution in [1.29, 1.82) is 0 Å². The minimum atomic E-state index is -0.392. The van der Waals surface area contributed by atoms with Crippen LogP contribution in [-0.4, -0.2) is 67.8 Å². The predicted molar refractivity (Wildman–Crippen MR) is 193 cm³/mol. The average molecular weight is 665 g/mol. The zero-order valence-corrected chi connectivity index (χ0v) is 29.4. The van der Waals surface area contributed by atoms with Crippen LogP contribution in [0.15, 0.2) is 96.8 Å². The Bertz CT molecular complexity index is 1680. The number of carbonyl (C=O) groups is 4. The van der Waals surface area contributed by atoms with Gasteiger partial charge in [-0.3, -0.25) is 29.0 Å². The fraction of sp³-hybridized carbons (Fsp3) is 0.400. The number of anilines is 1. The van der Waals surface area contributed by atoms with Gasteiger partial charge < -0.3 is 15.5 Å². The monoisotopic (exact) mass is 664 g/mol. The molecule has 2 aromatic carbocycles. The number of nitrogens with one attached hydrogen (secondary N) is 3. The summed E-state index contributed by atoms with van der Waals surface area (Å²) in [5.74, 6) is -1.02. The van der Waals surface area contributed by atoms with Gasteiger partial charge >= 0.3 is 0 Å². The molecule has 2 atom stereocenters. The molecule has 3 heterocycles. The molecule has 5 rings (SSSR count). The lowest BCUT2D eigenvalue weighted by molar-refractivity contribution is -0.850. The van der Waals surface area contributed by atoms with Crippen LogP contribution in [0.3, 0.4) is 0 Å². The second-order valence-electron chi connectivity index (χ2n) is 14.1. The van der Waals surface area contributed by atoms with Crippen molar-refractivity contribution < 1.29 is 24.1 Å². The number of amides is 4. The Labute approximate surface area is 290 Å². The van der Waals surface area contributed by atoms with Gasteiger partial charge in [0.2, 0.25) is 11.8 Å². The summed E-state index contributed by atoms with van der Waals surface area (Å²) in [4.78, 5) is 52.6. The Morgan fingerprint density at radius 3 is 2.14 bits per heavy atom. The second kappa shape index (κ2) is 15.2. The number of rotatable bonds is 14. The Morgan fingerprint density at radius 2 is 1.45 bits per heavy atom. The van der Waals surface area contributed by atoms with Gasteiger partial charge in [-0.15, -0.1) is 0 Å². The fourth-order valence-corrected chi connectivity index (χ4v) is 7.46. The molecule has 3 N–H and O–H groups in total. The van der Waals surface area contributed by atoms with E-state index in [9.17, 15) is 19.2 Å². The summed E-state index contributed by atoms with van der Waals surface area (Å²) in [5, 5.41) is 5.75. The third-order valence-electron chi connectivity index (χ3n) is 10.2. The Hall–Kier alpha value is -4.76. The third kappa shape index (κ3) is 7.78. The average Bonchev–Trinajstić information content (AvgIpc) is 3.58. The van der Waals surface area contributed by atoms with Gasteiger partial charge in [-0.1, -0.05) is 68.5 Å². The van der Waals surface area contributed by atoms with E-state index in [1.165, 1.54) is 45.3 Å². The van der Waals surface area contributed by atoms with E-state index in [2.05, 4.69) is 129 Å². The van der Waals surface area contributed by atoms with Gasteiger partial charge in [0.25, 0.3) is 11.8 Å². The molecule has 2 unspecified atom stereocenters. The maximum absolute atomic E-state index is 12.7. The van der Waals surface area contributed by atoms with Crippen molar-refractivity contribution in [3.05, 3.63) is 108 Å². The lowest BCUT2D eigenvalue weighted by Gasteiger charge is -2.27. The van der Waals surface area contributed by atoms with Crippen LogP contribution in [0.25, 0.3) is 0 Å². The maximum Gasteiger partial charge on any atom is 0.253 e. The van der Waals surface area contributed by atoms with E-state index in [4.69, 9.17) is 0 Å². The molecule has 3 aliphatic rings. The summed E-state index contributed by atoms with van der Waals surface area (Å²) in [5.41, 5.74) is 6.39. The summed E-state index contributed by atoms with van der Waals surface area (Å²) in [6.07, 6.45) is 15.2. The van der Waals surface area contributed by atoms with Gasteiger partial charge in [0.15, 0.2) is 0 Å². The fourth-order valence-electron chi connectivity index (χ4n) is 7.46. The van der Waals surface area contributed by atoms with Gasteiger partial charge in [0.05, 0.1) is 12.0 Å². The minimum Gasteiger partial charge on any atom is -0.356 e. The van der Waals surface area contributed by atoms with Gasteiger partial charge in [0.1, 0.15) is 11.7 Å². The Balaban J connectivity index is 1.09. The molecule has 0 saturated carbocycles. The van der Waals surface area contributed by atoms with Crippen molar-refractivity contribution in [3.63, 3.8) is 0 Å². The van der Waals surface area contributed by atoms with Crippen LogP contribution in [0.1, 0.15) is 64.5 Å². The summed E-state index contributed by atoms with van der Waals surface area (Å²) in [7, 11) is 2.13. The number of allylic oxidation sites excluding steroid dienone is 5. The van der Waals surface area contributed by atoms with Crippen LogP contribution < -0.4 is 20.4 Å². The summed E-state index contributed by atoms with van der Waals surface area (Å²) in [6.45, 7) is 10.9. The van der Waals surface area contributed by atoms with Crippen molar-refractivity contribution >= 4 is 35.0 Å². The molecule has 0 bridgehead atoms. The standard InChI is InChI=1S/C40H49N5O4/c1-39(2)29-15-9-11-17-31(29)43(5)33(39)19-7-6-8-20-34-40(3,4)30-16-10-12-18-32(30)44(34)27-13-21-35(46)41-25-14-26-42-36(47)24-28-45-37(48)22-23-38(45)49/h6-12,15-20,22-23,34H,13-14,21,24-28H2,1-5H3,(H,41,46)(H,42,47)/p+1/b7-6+,20-8+,33-19+. The molecular weight excluding hydrogens is 614 g/mol. The van der Waals surface area contributed by atoms with Crippen molar-refractivity contribution in [2.24, 2.45) is 0 Å². The number of benzene rings is 2. The molecule has 9 heteroatoms. The minimum absolute atomic E-state index is 0.000968. The molecule has 2 aromatic rings. The highest BCUT2D eigenvalue weighted by Crippen LogP contribution is 2.46. The van der Waals surface area contributed by atoms with Crippen LogP contribution in [-0.2, 0) is 30.0 Å². The first-order valence-corrected chi connectivity index (χ1v) is 17.3. The number of nitrogens with zero attached hydrogens (tertiary/aromatic N) is 2. The predicted octanol–water partition coefficient (Wildman–Crippen LogP) is 4.00. The summed E-state index contributed by atoms with van der Waals surface area (Å²) >= 11 is 0. The van der Waals surface area contributed by atoms with E-state index in [0.717, 1.165) is 17.9 Å². The molecule has 4 amide bonds. The maximum atomic E-state index is 12.7. The molecule has 0 spiro atoms. The number of imide groups is 1. The highest BCUT2D eigenvalue weighted by molar-refractivity contribution is 6.13. The van der Waals surface area contributed by atoms with E-state index in [1.807, 2.05) is 0 Å². The number of hydrogen-bond acceptors (Lipinski definition) is 5.